The Kier molecular flexibility index (Phi) is 4.75. The molecule has 0 fully saturated rings. The van der Waals surface area contributed by atoms with E-state index in [4.69, 9.17) is 18.7 Å². The van der Waals surface area contributed by atoms with Crippen LogP contribution in [0.2, 0.25) is 0 Å². The van der Waals surface area contributed by atoms with Gasteiger partial charge >= 0.3 is 0 Å². The van der Waals surface area contributed by atoms with Crippen LogP contribution in [-0.4, -0.2) is 43.5 Å². The molecule has 0 radical (unpaired) electrons. The van der Waals surface area contributed by atoms with Gasteiger partial charge in [0.15, 0.2) is 17.3 Å². The molecule has 8 heteroatoms. The van der Waals surface area contributed by atoms with Gasteiger partial charge < -0.3 is 18.7 Å². The van der Waals surface area contributed by atoms with Gasteiger partial charge in [-0.1, -0.05) is 16.8 Å². The van der Waals surface area contributed by atoms with E-state index in [9.17, 15) is 4.79 Å². The van der Waals surface area contributed by atoms with Crippen molar-refractivity contribution in [1.82, 2.24) is 10.1 Å². The van der Waals surface area contributed by atoms with E-state index >= 15 is 0 Å². The minimum absolute atomic E-state index is 0.126. The van der Waals surface area contributed by atoms with Gasteiger partial charge in [0.1, 0.15) is 5.92 Å². The summed E-state index contributed by atoms with van der Waals surface area (Å²) in [6.45, 7) is 1.93. The molecular formula is C21H19N3O5. The molecule has 4 rings (SSSR count). The van der Waals surface area contributed by atoms with Crippen molar-refractivity contribution in [2.45, 2.75) is 12.8 Å². The predicted octanol–water partition coefficient (Wildman–Crippen LogP) is 3.75. The summed E-state index contributed by atoms with van der Waals surface area (Å²) in [5.74, 6) is 1.02. The Labute approximate surface area is 167 Å². The van der Waals surface area contributed by atoms with Gasteiger partial charge in [0.2, 0.25) is 17.5 Å². The van der Waals surface area contributed by atoms with Gasteiger partial charge in [0.05, 0.1) is 27.0 Å². The van der Waals surface area contributed by atoms with E-state index in [2.05, 4.69) is 15.1 Å². The van der Waals surface area contributed by atoms with Gasteiger partial charge in [0.25, 0.3) is 0 Å². The number of aromatic nitrogens is 2. The summed E-state index contributed by atoms with van der Waals surface area (Å²) in [6, 6.07) is 8.98. The molecule has 0 spiro atoms. The lowest BCUT2D eigenvalue weighted by atomic mass is 9.93. The fraction of sp³-hybridized carbons (Fsp3) is 0.238. The lowest BCUT2D eigenvalue weighted by Crippen LogP contribution is -2.18. The van der Waals surface area contributed by atoms with E-state index in [-0.39, 0.29) is 11.7 Å². The number of hydrogen-bond acceptors (Lipinski definition) is 8. The molecule has 8 nitrogen and oxygen atoms in total. The van der Waals surface area contributed by atoms with E-state index in [0.717, 1.165) is 5.56 Å². The Bertz CT molecular complexity index is 1090. The van der Waals surface area contributed by atoms with E-state index in [1.165, 1.54) is 27.5 Å². The average Bonchev–Trinajstić information content (AvgIpc) is 3.23. The Morgan fingerprint density at radius 1 is 1.00 bits per heavy atom. The molecule has 0 amide bonds. The standard InChI is InChI=1S/C21H19N3O5/c1-11-5-6-15-13(7-11)18(25)14(10-22-15)21-23-20(24-29-21)12-8-16(26-2)19(28-4)17(9-12)27-3/h5-10,14H,1-4H3. The Hall–Kier alpha value is -3.68. The number of rotatable bonds is 5. The fourth-order valence-corrected chi connectivity index (χ4v) is 3.21. The van der Waals surface area contributed by atoms with E-state index < -0.39 is 5.92 Å². The van der Waals surface area contributed by atoms with Crippen molar-refractivity contribution >= 4 is 17.7 Å². The number of benzene rings is 2. The summed E-state index contributed by atoms with van der Waals surface area (Å²) in [5, 5.41) is 4.02. The molecule has 2 aromatic carbocycles. The monoisotopic (exact) mass is 393 g/mol. The van der Waals surface area contributed by atoms with E-state index in [0.29, 0.717) is 39.9 Å². The van der Waals surface area contributed by atoms with Crippen molar-refractivity contribution in [2.75, 3.05) is 21.3 Å². The Morgan fingerprint density at radius 2 is 1.72 bits per heavy atom. The molecule has 0 aliphatic carbocycles. The minimum atomic E-state index is -0.729. The van der Waals surface area contributed by atoms with Crippen molar-refractivity contribution < 1.29 is 23.5 Å². The van der Waals surface area contributed by atoms with E-state index in [1.807, 2.05) is 25.1 Å². The largest absolute Gasteiger partial charge is 0.493 e. The van der Waals surface area contributed by atoms with Gasteiger partial charge in [-0.3, -0.25) is 9.79 Å². The highest BCUT2D eigenvalue weighted by atomic mass is 16.5. The summed E-state index contributed by atoms with van der Waals surface area (Å²) in [4.78, 5) is 21.7. The molecule has 1 aromatic heterocycles. The van der Waals surface area contributed by atoms with Gasteiger partial charge in [0, 0.05) is 17.3 Å². The molecule has 0 saturated carbocycles. The third-order valence-corrected chi connectivity index (χ3v) is 4.69. The summed E-state index contributed by atoms with van der Waals surface area (Å²) < 4.78 is 21.5. The normalized spacial score (nSPS) is 15.2. The zero-order valence-corrected chi connectivity index (χ0v) is 16.4. The lowest BCUT2D eigenvalue weighted by molar-refractivity contribution is 0.0971. The quantitative estimate of drug-likeness (QED) is 0.651. The van der Waals surface area contributed by atoms with Crippen molar-refractivity contribution in [3.63, 3.8) is 0 Å². The summed E-state index contributed by atoms with van der Waals surface area (Å²) in [6.07, 6.45) is 1.53. The third-order valence-electron chi connectivity index (χ3n) is 4.69. The van der Waals surface area contributed by atoms with Crippen LogP contribution in [0.1, 0.15) is 27.7 Å². The van der Waals surface area contributed by atoms with Crippen molar-refractivity contribution in [1.29, 1.82) is 0 Å². The van der Waals surface area contributed by atoms with Gasteiger partial charge in [-0.25, -0.2) is 0 Å². The van der Waals surface area contributed by atoms with Crippen LogP contribution >= 0.6 is 0 Å². The minimum Gasteiger partial charge on any atom is -0.493 e. The zero-order chi connectivity index (χ0) is 20.5. The van der Waals surface area contributed by atoms with Crippen LogP contribution in [-0.2, 0) is 0 Å². The van der Waals surface area contributed by atoms with Crippen LogP contribution in [0.3, 0.4) is 0 Å². The average molecular weight is 393 g/mol. The van der Waals surface area contributed by atoms with Crippen LogP contribution in [0, 0.1) is 6.92 Å². The number of aryl methyl sites for hydroxylation is 1. The summed E-state index contributed by atoms with van der Waals surface area (Å²) >= 11 is 0. The molecule has 1 unspecified atom stereocenters. The van der Waals surface area contributed by atoms with Crippen LogP contribution in [0.5, 0.6) is 17.2 Å². The molecule has 0 bridgehead atoms. The second kappa shape index (κ2) is 7.38. The maximum atomic E-state index is 12.9. The number of fused-ring (bicyclic) bond motifs is 1. The fourth-order valence-electron chi connectivity index (χ4n) is 3.21. The number of ether oxygens (including phenoxy) is 3. The second-order valence-corrected chi connectivity index (χ2v) is 6.51. The molecule has 29 heavy (non-hydrogen) atoms. The maximum Gasteiger partial charge on any atom is 0.243 e. The van der Waals surface area contributed by atoms with Crippen molar-refractivity contribution in [3.05, 3.63) is 47.3 Å². The molecule has 3 aromatic rings. The Balaban J connectivity index is 1.70. The number of aliphatic imine (C=N–C) groups is 1. The predicted molar refractivity (Wildman–Crippen MR) is 106 cm³/mol. The SMILES string of the molecule is COc1cc(-c2noc(C3C=Nc4ccc(C)cc4C3=O)n2)cc(OC)c1OC. The molecule has 1 aliphatic rings. The number of carbonyl (C=O) groups is 1. The maximum absolute atomic E-state index is 12.9. The number of nitrogens with zero attached hydrogens (tertiary/aromatic N) is 3. The second-order valence-electron chi connectivity index (χ2n) is 6.51. The number of methoxy groups -OCH3 is 3. The smallest absolute Gasteiger partial charge is 0.243 e. The number of ketones is 1. The Morgan fingerprint density at radius 3 is 2.38 bits per heavy atom. The molecule has 148 valence electrons. The number of carbonyl (C=O) groups excluding carboxylic acids is 1. The van der Waals surface area contributed by atoms with Crippen LogP contribution in [0.4, 0.5) is 5.69 Å². The highest BCUT2D eigenvalue weighted by Gasteiger charge is 2.31. The first-order valence-corrected chi connectivity index (χ1v) is 8.88. The number of hydrogen-bond donors (Lipinski definition) is 0. The first-order valence-electron chi connectivity index (χ1n) is 8.88. The molecular weight excluding hydrogens is 374 g/mol. The van der Waals surface area contributed by atoms with Gasteiger partial charge in [-0.2, -0.15) is 4.98 Å². The van der Waals surface area contributed by atoms with Crippen LogP contribution < -0.4 is 14.2 Å². The van der Waals surface area contributed by atoms with E-state index in [1.54, 1.807) is 12.1 Å². The molecule has 0 N–H and O–H groups in total. The highest BCUT2D eigenvalue weighted by Crippen LogP contribution is 2.41. The molecule has 0 saturated heterocycles. The van der Waals surface area contributed by atoms with Crippen LogP contribution in [0.25, 0.3) is 11.4 Å². The molecule has 1 atom stereocenters. The van der Waals surface area contributed by atoms with Crippen LogP contribution in [0.15, 0.2) is 39.8 Å². The van der Waals surface area contributed by atoms with Crippen molar-refractivity contribution in [2.24, 2.45) is 4.99 Å². The third kappa shape index (κ3) is 3.22. The summed E-state index contributed by atoms with van der Waals surface area (Å²) in [5.41, 5.74) is 2.77. The number of Topliss-reactive ketones (excluding diaryl/α,β-unsaturated/α-hetero) is 1. The first-order chi connectivity index (χ1) is 14.0. The summed E-state index contributed by atoms with van der Waals surface area (Å²) in [7, 11) is 4.58. The van der Waals surface area contributed by atoms with Gasteiger partial charge in [-0.15, -0.1) is 0 Å². The molecule has 1 aliphatic heterocycles. The topological polar surface area (TPSA) is 96.0 Å². The highest BCUT2D eigenvalue weighted by molar-refractivity contribution is 6.15. The lowest BCUT2D eigenvalue weighted by Gasteiger charge is -2.14. The first kappa shape index (κ1) is 18.7. The van der Waals surface area contributed by atoms with Crippen molar-refractivity contribution in [3.8, 4) is 28.6 Å². The zero-order valence-electron chi connectivity index (χ0n) is 16.4. The van der Waals surface area contributed by atoms with Gasteiger partial charge in [-0.05, 0) is 31.2 Å². The molecule has 2 heterocycles.